The maximum Gasteiger partial charge on any atom is 0.364 e. The molecule has 7 fully saturated rings. The Morgan fingerprint density at radius 3 is 1.26 bits per heavy atom. The van der Waals surface area contributed by atoms with E-state index in [4.69, 9.17) is 66.3 Å². The molecular weight excluding hydrogens is 1640 g/mol. The molecule has 0 aliphatic carbocycles. The van der Waals surface area contributed by atoms with Crippen LogP contribution in [0.15, 0.2) is 0 Å². The molecule has 0 radical (unpaired) electrons. The van der Waals surface area contributed by atoms with E-state index in [1.54, 1.807) is 0 Å². The molecule has 39 atom stereocenters. The van der Waals surface area contributed by atoms with E-state index in [9.17, 15) is 151 Å². The van der Waals surface area contributed by atoms with E-state index in [0.29, 0.717) is 12.8 Å². The average Bonchev–Trinajstić information content (AvgIpc) is 0.762. The van der Waals surface area contributed by atoms with Crippen molar-refractivity contribution in [1.29, 1.82) is 0 Å². The number of carbonyl (C=O) groups excluding carboxylic acids is 4. The third-order valence-corrected chi connectivity index (χ3v) is 22.5. The first-order valence-corrected chi connectivity index (χ1v) is 40.6. The highest BCUT2D eigenvalue weighted by molar-refractivity contribution is 5.78. The number of carboxylic acid groups (broad SMARTS) is 2. The molecule has 7 rings (SSSR count). The van der Waals surface area contributed by atoms with E-state index in [1.165, 1.54) is 44.9 Å². The SMILES string of the molecule is CCCCCCCCCCCCCCC[C@@H](O)[C@H](CO[C@@H]1O[C@H](CO)[C@@H](O[C@@H]2O[C@H](CO)[C@H](O[C@H]3O[C@H](CO)[C@H](O)[C@H](O[C@@H]4O[C@H](CO)[C@H](O)[C@H](O[C@@H]5O[C@H](CO)[C@H](O)[C@H](O[C@]6(C(=O)O)C[C@H](O)[C@@H](NC(C)=O)[C@H]([C@H](O)[C@@H](CO)O[C@]7(C(=O)O)C[C@H](O)[C@@H](NC(C)=O)[C@H]([C@H](O)[C@H](O)CO)O7)O6)[C@H]5O)[C@H]4NC(C)=O)[C@H]3O)[C@H](O)[C@H]2O)[C@H](O)[C@H]1O)NC=O. The molecule has 0 aromatic carbocycles. The summed E-state index contributed by atoms with van der Waals surface area (Å²) >= 11 is 0. The zero-order valence-electron chi connectivity index (χ0n) is 67.3. The highest BCUT2D eigenvalue weighted by Crippen LogP contribution is 2.43. The first kappa shape index (κ1) is 103. The maximum absolute atomic E-state index is 13.7. The van der Waals surface area contributed by atoms with Gasteiger partial charge in [0, 0.05) is 33.6 Å². The normalized spacial score (nSPS) is 40.0. The Kier molecular flexibility index (Phi) is 41.5. The van der Waals surface area contributed by atoms with Crippen molar-refractivity contribution in [3.63, 3.8) is 0 Å². The van der Waals surface area contributed by atoms with Gasteiger partial charge in [0.15, 0.2) is 31.5 Å². The summed E-state index contributed by atoms with van der Waals surface area (Å²) in [6.45, 7) is -4.08. The Hall–Kier alpha value is -4.62. The Bertz CT molecular complexity index is 3130. The van der Waals surface area contributed by atoms with Crippen LogP contribution in [0.5, 0.6) is 0 Å². The van der Waals surface area contributed by atoms with Crippen LogP contribution in [0.1, 0.15) is 130 Å². The number of carboxylic acids is 2. The minimum Gasteiger partial charge on any atom is -0.477 e. The van der Waals surface area contributed by atoms with Crippen LogP contribution < -0.4 is 21.3 Å². The molecule has 121 heavy (non-hydrogen) atoms. The summed E-state index contributed by atoms with van der Waals surface area (Å²) in [6, 6.07) is -6.88. The van der Waals surface area contributed by atoms with Crippen LogP contribution in [0.2, 0.25) is 0 Å². The predicted molar refractivity (Wildman–Crippen MR) is 394 cm³/mol. The largest absolute Gasteiger partial charge is 0.477 e. The number of amides is 4. The Morgan fingerprint density at radius 1 is 0.421 bits per heavy atom. The number of nitrogens with one attached hydrogen (secondary N) is 4. The Labute approximate surface area is 694 Å². The van der Waals surface area contributed by atoms with Crippen molar-refractivity contribution >= 4 is 36.1 Å². The van der Waals surface area contributed by atoms with Gasteiger partial charge < -0.3 is 210 Å². The zero-order chi connectivity index (χ0) is 89.7. The topological polar surface area (TPSA) is 765 Å². The zero-order valence-corrected chi connectivity index (χ0v) is 67.3. The van der Waals surface area contributed by atoms with Crippen LogP contribution in [-0.4, -0.2) is 450 Å². The number of hydrogen-bond acceptors (Lipinski definition) is 42. The van der Waals surface area contributed by atoms with Crippen molar-refractivity contribution in [1.82, 2.24) is 21.3 Å². The summed E-state index contributed by atoms with van der Waals surface area (Å²) in [6.07, 6.45) is -59.3. The van der Waals surface area contributed by atoms with Crippen LogP contribution in [0, 0.1) is 0 Å². The molecule has 0 spiro atoms. The van der Waals surface area contributed by atoms with Gasteiger partial charge in [-0.15, -0.1) is 0 Å². The van der Waals surface area contributed by atoms with Crippen LogP contribution in [0.4, 0.5) is 0 Å². The summed E-state index contributed by atoms with van der Waals surface area (Å²) < 4.78 is 81.4. The Morgan fingerprint density at radius 2 is 0.802 bits per heavy atom. The molecule has 28 N–H and O–H groups in total. The van der Waals surface area contributed by atoms with E-state index in [0.717, 1.165) is 52.9 Å². The van der Waals surface area contributed by atoms with Gasteiger partial charge >= 0.3 is 11.9 Å². The molecule has 0 bridgehead atoms. The number of unbranched alkanes of at least 4 members (excludes halogenated alkanes) is 12. The minimum atomic E-state index is -3.55. The van der Waals surface area contributed by atoms with Gasteiger partial charge in [-0.1, -0.05) is 90.4 Å². The highest BCUT2D eigenvalue weighted by atomic mass is 16.8. The van der Waals surface area contributed by atoms with Gasteiger partial charge in [0.05, 0.1) is 89.3 Å². The van der Waals surface area contributed by atoms with Crippen LogP contribution in [0.25, 0.3) is 0 Å². The third kappa shape index (κ3) is 26.1. The standard InChI is InChI=1S/C73H126N4O44/c1-5-6-7-8-9-10-11-12-13-14-15-16-17-18-34(89)33(74-29-85)28-108-66-54(100)52(98)58(42(26-83)112-66)114-67-55(101)53(99)59(43(27-84)113-67)115-68-56(102)63(49(95)39(23-80)110-68)117-65-46(77-32(4)88)60(48(94)38(22-79)109-65)116-69-57(103)64(50(96)40(24-81)111-69)121-73(71(106)107)20-36(91)45(76-31(3)87)62(120-73)51(97)41(25-82)118-72(70(104)105)19-35(90)44(75-30(2)86)61(119-72)47(93)37(92)21-78/h29,33-69,78-84,89-103H,5-28H2,1-4H3,(H,74,85)(H,75,86)(H,76,87)(H,77,88)(H,104,105)(H,106,107)/t33-,34+,35-,36-,37+,38+,39+,40+,41+,42+,43+,44+,45+,46+,47+,48-,49-,50-,51+,52+,53+,54+,55+,56+,57+,58+,59-,60+,61+,62+,63-,64-,65-,66+,67-,68+,69-,72+,73-/m0/s1. The van der Waals surface area contributed by atoms with Crippen molar-refractivity contribution in [3.05, 3.63) is 0 Å². The highest BCUT2D eigenvalue weighted by Gasteiger charge is 2.64. The minimum absolute atomic E-state index is 0.276. The lowest BCUT2D eigenvalue weighted by molar-refractivity contribution is -0.393. The van der Waals surface area contributed by atoms with Crippen molar-refractivity contribution in [2.24, 2.45) is 0 Å². The molecule has 0 aromatic heterocycles. The van der Waals surface area contributed by atoms with E-state index >= 15 is 0 Å². The first-order chi connectivity index (χ1) is 57.4. The van der Waals surface area contributed by atoms with Gasteiger partial charge in [-0.3, -0.25) is 19.2 Å². The molecule has 7 heterocycles. The van der Waals surface area contributed by atoms with E-state index in [2.05, 4.69) is 28.2 Å². The summed E-state index contributed by atoms with van der Waals surface area (Å²) in [7, 11) is 0. The fourth-order valence-corrected chi connectivity index (χ4v) is 15.9. The summed E-state index contributed by atoms with van der Waals surface area (Å²) in [5.41, 5.74) is 0. The Balaban J connectivity index is 1.05. The van der Waals surface area contributed by atoms with Crippen LogP contribution in [-0.2, 0) is 95.1 Å². The second-order valence-corrected chi connectivity index (χ2v) is 31.4. The van der Waals surface area contributed by atoms with E-state index in [1.807, 2.05) is 0 Å². The summed E-state index contributed by atoms with van der Waals surface area (Å²) in [5, 5.41) is 278. The van der Waals surface area contributed by atoms with Crippen molar-refractivity contribution in [2.75, 3.05) is 52.9 Å². The van der Waals surface area contributed by atoms with E-state index < -0.39 is 333 Å². The second-order valence-electron chi connectivity index (χ2n) is 31.4. The van der Waals surface area contributed by atoms with Crippen molar-refractivity contribution < 1.29 is 218 Å². The molecule has 0 unspecified atom stereocenters. The van der Waals surface area contributed by atoms with Gasteiger partial charge in [-0.05, 0) is 6.42 Å². The van der Waals surface area contributed by atoms with Gasteiger partial charge in [0.25, 0.3) is 11.6 Å². The fourth-order valence-electron chi connectivity index (χ4n) is 15.9. The van der Waals surface area contributed by atoms with Crippen molar-refractivity contribution in [3.8, 4) is 0 Å². The number of carbonyl (C=O) groups is 6. The number of ether oxygens (including phenoxy) is 14. The van der Waals surface area contributed by atoms with Gasteiger partial charge in [0.1, 0.15) is 159 Å². The molecule has 48 nitrogen and oxygen atoms in total. The number of rotatable bonds is 48. The number of aliphatic hydroxyl groups is 22. The van der Waals surface area contributed by atoms with E-state index in [-0.39, 0.29) is 6.42 Å². The van der Waals surface area contributed by atoms with Crippen molar-refractivity contribution in [2.45, 2.75) is 369 Å². The fraction of sp³-hybridized carbons (Fsp3) is 0.918. The summed E-state index contributed by atoms with van der Waals surface area (Å²) in [4.78, 5) is 76.7. The molecule has 7 saturated heterocycles. The van der Waals surface area contributed by atoms with Gasteiger partial charge in [-0.2, -0.15) is 0 Å². The molecule has 0 aromatic rings. The third-order valence-electron chi connectivity index (χ3n) is 22.5. The monoisotopic (exact) mass is 1760 g/mol. The second kappa shape index (κ2) is 48.5. The maximum atomic E-state index is 13.7. The number of hydrogen-bond donors (Lipinski definition) is 28. The lowest BCUT2D eigenvalue weighted by Gasteiger charge is -2.52. The molecule has 7 aliphatic heterocycles. The molecule has 702 valence electrons. The van der Waals surface area contributed by atoms with Gasteiger partial charge in [-0.25, -0.2) is 9.59 Å². The molecule has 7 aliphatic rings. The average molecular weight is 1760 g/mol. The number of aliphatic carboxylic acids is 2. The van der Waals surface area contributed by atoms with Crippen LogP contribution in [0.3, 0.4) is 0 Å². The smallest absolute Gasteiger partial charge is 0.364 e. The van der Waals surface area contributed by atoms with Crippen LogP contribution >= 0.6 is 0 Å². The van der Waals surface area contributed by atoms with Gasteiger partial charge in [0.2, 0.25) is 24.1 Å². The quantitative estimate of drug-likeness (QED) is 0.0199. The lowest BCUT2D eigenvalue weighted by atomic mass is 9.87. The molecule has 48 heteroatoms. The molecule has 4 amide bonds. The lowest BCUT2D eigenvalue weighted by Crippen LogP contribution is -2.72. The molecule has 0 saturated carbocycles. The summed E-state index contributed by atoms with van der Waals surface area (Å²) in [5.74, 6) is -14.4. The first-order valence-electron chi connectivity index (χ1n) is 40.6. The number of aliphatic hydroxyl groups excluding tert-OH is 22. The predicted octanol–water partition coefficient (Wildman–Crippen LogP) is -12.5. The molecular formula is C73H126N4O44.